The van der Waals surface area contributed by atoms with Gasteiger partial charge in [0.05, 0.1) is 18.2 Å². The zero-order valence-electron chi connectivity index (χ0n) is 15.3. The van der Waals surface area contributed by atoms with Crippen molar-refractivity contribution in [2.45, 2.75) is 45.6 Å². The molecule has 10 heteroatoms. The van der Waals surface area contributed by atoms with E-state index in [1.165, 1.54) is 0 Å². The summed E-state index contributed by atoms with van der Waals surface area (Å²) in [6.07, 6.45) is 1.11. The Morgan fingerprint density at radius 2 is 2.08 bits per heavy atom. The summed E-state index contributed by atoms with van der Waals surface area (Å²) >= 11 is 0. The molecule has 1 aromatic heterocycles. The van der Waals surface area contributed by atoms with Crippen LogP contribution < -0.4 is 15.5 Å². The van der Waals surface area contributed by atoms with Gasteiger partial charge in [-0.3, -0.25) is 9.59 Å². The van der Waals surface area contributed by atoms with Gasteiger partial charge >= 0.3 is 7.12 Å². The first kappa shape index (κ1) is 20.1. The third kappa shape index (κ3) is 5.40. The van der Waals surface area contributed by atoms with Gasteiger partial charge in [0.1, 0.15) is 6.04 Å². The van der Waals surface area contributed by atoms with E-state index in [1.807, 2.05) is 37.8 Å². The molecule has 0 bridgehead atoms. The molecule has 9 nitrogen and oxygen atoms in total. The average molecular weight is 363 g/mol. The molecule has 2 heterocycles. The number of nitrogens with one attached hydrogen (secondary N) is 2. The van der Waals surface area contributed by atoms with Crippen LogP contribution in [0, 0.1) is 12.8 Å². The zero-order valence-corrected chi connectivity index (χ0v) is 15.3. The molecule has 2 atom stereocenters. The second-order valence-corrected chi connectivity index (χ2v) is 6.97. The van der Waals surface area contributed by atoms with Crippen LogP contribution in [0.15, 0.2) is 12.1 Å². The lowest BCUT2D eigenvalue weighted by Crippen LogP contribution is -2.58. The number of carbonyl (C=O) groups excluding carboxylic acids is 2. The van der Waals surface area contributed by atoms with Crippen LogP contribution in [0.4, 0.5) is 5.82 Å². The van der Waals surface area contributed by atoms with Crippen LogP contribution in [-0.2, 0) is 9.59 Å². The summed E-state index contributed by atoms with van der Waals surface area (Å²) in [5, 5.41) is 31.9. The number of rotatable bonds is 8. The van der Waals surface area contributed by atoms with Gasteiger partial charge in [-0.1, -0.05) is 13.8 Å². The van der Waals surface area contributed by atoms with Gasteiger partial charge in [-0.25, -0.2) is 0 Å². The van der Waals surface area contributed by atoms with Gasteiger partial charge in [0.25, 0.3) is 0 Å². The highest BCUT2D eigenvalue weighted by Crippen LogP contribution is 2.24. The van der Waals surface area contributed by atoms with Crippen molar-refractivity contribution in [3.63, 3.8) is 0 Å². The van der Waals surface area contributed by atoms with E-state index in [1.54, 1.807) is 0 Å². The molecule has 26 heavy (non-hydrogen) atoms. The summed E-state index contributed by atoms with van der Waals surface area (Å²) in [5.74, 6) is -0.665. The van der Waals surface area contributed by atoms with Gasteiger partial charge in [0.15, 0.2) is 5.82 Å². The van der Waals surface area contributed by atoms with Crippen LogP contribution in [0.5, 0.6) is 0 Å². The number of hydrogen-bond donors (Lipinski definition) is 4. The Labute approximate surface area is 153 Å². The molecule has 1 aromatic rings. The first-order valence-corrected chi connectivity index (χ1v) is 8.78. The molecular weight excluding hydrogens is 337 g/mol. The van der Waals surface area contributed by atoms with Gasteiger partial charge in [0.2, 0.25) is 11.8 Å². The number of carbonyl (C=O) groups is 2. The van der Waals surface area contributed by atoms with E-state index in [2.05, 4.69) is 20.8 Å². The van der Waals surface area contributed by atoms with Crippen molar-refractivity contribution in [1.82, 2.24) is 20.8 Å². The van der Waals surface area contributed by atoms with E-state index >= 15 is 0 Å². The topological polar surface area (TPSA) is 128 Å². The zero-order chi connectivity index (χ0) is 19.3. The van der Waals surface area contributed by atoms with Crippen molar-refractivity contribution in [3.8, 4) is 0 Å². The van der Waals surface area contributed by atoms with E-state index in [9.17, 15) is 19.6 Å². The fourth-order valence-corrected chi connectivity index (χ4v) is 2.79. The number of amides is 2. The molecule has 1 unspecified atom stereocenters. The Morgan fingerprint density at radius 3 is 2.58 bits per heavy atom. The summed E-state index contributed by atoms with van der Waals surface area (Å²) in [6.45, 7) is 6.16. The Balaban J connectivity index is 1.82. The Bertz CT molecular complexity index is 626. The maximum absolute atomic E-state index is 12.3. The molecule has 0 saturated carbocycles. The molecular formula is C16H26BN5O4. The van der Waals surface area contributed by atoms with E-state index in [0.717, 1.165) is 5.69 Å². The first-order valence-electron chi connectivity index (χ1n) is 8.78. The van der Waals surface area contributed by atoms with Crippen molar-refractivity contribution in [2.75, 3.05) is 18.0 Å². The quantitative estimate of drug-likeness (QED) is 0.437. The maximum Gasteiger partial charge on any atom is 0.475 e. The second kappa shape index (κ2) is 8.95. The molecule has 0 spiro atoms. The van der Waals surface area contributed by atoms with Crippen molar-refractivity contribution in [2.24, 2.45) is 5.92 Å². The summed E-state index contributed by atoms with van der Waals surface area (Å²) in [7, 11) is -1.64. The van der Waals surface area contributed by atoms with Gasteiger partial charge in [-0.2, -0.15) is 5.10 Å². The van der Waals surface area contributed by atoms with Crippen molar-refractivity contribution < 1.29 is 19.6 Å². The minimum Gasteiger partial charge on any atom is -0.426 e. The molecule has 1 aliphatic heterocycles. The van der Waals surface area contributed by atoms with E-state index in [-0.39, 0.29) is 24.4 Å². The largest absolute Gasteiger partial charge is 0.475 e. The lowest BCUT2D eigenvalue weighted by molar-refractivity contribution is -0.127. The van der Waals surface area contributed by atoms with E-state index in [4.69, 9.17) is 0 Å². The highest BCUT2D eigenvalue weighted by atomic mass is 16.4. The van der Waals surface area contributed by atoms with E-state index in [0.29, 0.717) is 25.2 Å². The molecule has 1 aliphatic rings. The molecule has 0 aliphatic carbocycles. The lowest BCUT2D eigenvalue weighted by atomic mass is 9.75. The highest BCUT2D eigenvalue weighted by molar-refractivity contribution is 6.43. The van der Waals surface area contributed by atoms with Crippen molar-refractivity contribution >= 4 is 24.8 Å². The fraction of sp³-hybridized carbons (Fsp3) is 0.625. The fourth-order valence-electron chi connectivity index (χ4n) is 2.79. The third-order valence-corrected chi connectivity index (χ3v) is 4.26. The van der Waals surface area contributed by atoms with Crippen LogP contribution >= 0.6 is 0 Å². The number of aryl methyl sites for hydroxylation is 1. The van der Waals surface area contributed by atoms with Gasteiger partial charge < -0.3 is 25.6 Å². The third-order valence-electron chi connectivity index (χ3n) is 4.26. The Hall–Kier alpha value is -2.20. The molecule has 1 saturated heterocycles. The Kier molecular flexibility index (Phi) is 6.93. The molecule has 2 amide bonds. The summed E-state index contributed by atoms with van der Waals surface area (Å²) in [6, 6.07) is 3.26. The van der Waals surface area contributed by atoms with Crippen LogP contribution in [-0.4, -0.2) is 64.3 Å². The second-order valence-electron chi connectivity index (χ2n) is 6.97. The van der Waals surface area contributed by atoms with Crippen LogP contribution in [0.3, 0.4) is 0 Å². The maximum atomic E-state index is 12.3. The van der Waals surface area contributed by atoms with Crippen molar-refractivity contribution in [3.05, 3.63) is 17.8 Å². The van der Waals surface area contributed by atoms with Gasteiger partial charge in [0, 0.05) is 6.54 Å². The van der Waals surface area contributed by atoms with E-state index < -0.39 is 19.0 Å². The lowest BCUT2D eigenvalue weighted by Gasteiger charge is -2.40. The van der Waals surface area contributed by atoms with Crippen LogP contribution in [0.2, 0.25) is 0 Å². The summed E-state index contributed by atoms with van der Waals surface area (Å²) in [4.78, 5) is 26.1. The standard InChI is InChI=1S/C16H26BN5O4/c1-10(2)8-13(17(25)26)19-15(23)9-18-16(24)12-6-7-22(12)14-5-4-11(3)20-21-14/h4-5,10,12-13,25-26H,6-9H2,1-3H3,(H,18,24)(H,19,23)/t12-,13?/m0/s1. The normalized spacial score (nSPS) is 17.5. The number of aromatic nitrogens is 2. The van der Waals surface area contributed by atoms with Crippen LogP contribution in [0.1, 0.15) is 32.4 Å². The molecule has 4 N–H and O–H groups in total. The summed E-state index contributed by atoms with van der Waals surface area (Å²) < 4.78 is 0. The molecule has 142 valence electrons. The molecule has 0 aromatic carbocycles. The smallest absolute Gasteiger partial charge is 0.426 e. The SMILES string of the molecule is Cc1ccc(N2CC[C@H]2C(=O)NCC(=O)NC(CC(C)C)B(O)O)nn1. The van der Waals surface area contributed by atoms with Gasteiger partial charge in [-0.05, 0) is 37.8 Å². The number of anilines is 1. The Morgan fingerprint density at radius 1 is 1.35 bits per heavy atom. The predicted molar refractivity (Wildman–Crippen MR) is 97.1 cm³/mol. The minimum absolute atomic E-state index is 0.191. The first-order chi connectivity index (χ1) is 12.3. The number of hydrogen-bond acceptors (Lipinski definition) is 7. The average Bonchev–Trinajstić information content (AvgIpc) is 2.53. The van der Waals surface area contributed by atoms with Crippen LogP contribution in [0.25, 0.3) is 0 Å². The molecule has 2 rings (SSSR count). The summed E-state index contributed by atoms with van der Waals surface area (Å²) in [5.41, 5.74) is 0.800. The monoisotopic (exact) mass is 363 g/mol. The molecule has 1 fully saturated rings. The molecule has 0 radical (unpaired) electrons. The highest BCUT2D eigenvalue weighted by Gasteiger charge is 2.35. The number of nitrogens with zero attached hydrogens (tertiary/aromatic N) is 3. The predicted octanol–water partition coefficient (Wildman–Crippen LogP) is -0.977. The minimum atomic E-state index is -1.64. The van der Waals surface area contributed by atoms with Crippen molar-refractivity contribution in [1.29, 1.82) is 0 Å². The van der Waals surface area contributed by atoms with Gasteiger partial charge in [-0.15, -0.1) is 5.10 Å².